The highest BCUT2D eigenvalue weighted by Gasteiger charge is 2.83. The van der Waals surface area contributed by atoms with Crippen molar-refractivity contribution in [2.45, 2.75) is 110 Å². The van der Waals surface area contributed by atoms with E-state index in [-0.39, 0.29) is 31.7 Å². The minimum Gasteiger partial charge on any atom is -0.396 e. The molecule has 0 bridgehead atoms. The predicted molar refractivity (Wildman–Crippen MR) is 172 cm³/mol. The molecule has 0 amide bonds. The zero-order valence-corrected chi connectivity index (χ0v) is 33.0. The second-order valence-corrected chi connectivity index (χ2v) is 12.2. The minimum absolute atomic E-state index is 0.0785. The third-order valence-electron chi connectivity index (χ3n) is 7.20. The standard InChI is InChI=1S/2C11H11F9O2.C6H5F9O.C5H8O2/c2*1-2-7(21)3-5-22-6-4-8(12,13)9(14,15)10(16,17)11(18,19)20;7-3(8,1-2-16)4(9,10)5(11,12)6(13,14)15;1-2-5(7)3-4-6/h2*2H,1,3-6H2;16H,1-2H2;2,6H,1,3-4H2. The molecular weight excluding hydrogens is 1020 g/mol. The average Bonchev–Trinajstić information content (AvgIpc) is 3.16. The quantitative estimate of drug-likeness (QED) is 0.0532. The fourth-order valence-electron chi connectivity index (χ4n) is 3.20. The van der Waals surface area contributed by atoms with Gasteiger partial charge in [0, 0.05) is 45.1 Å². The molecule has 0 radical (unpaired) electrons. The number of carbonyl (C=O) groups is 3. The van der Waals surface area contributed by atoms with E-state index in [2.05, 4.69) is 29.2 Å². The Labute approximate surface area is 358 Å². The number of hydrogen-bond acceptors (Lipinski definition) is 7. The summed E-state index contributed by atoms with van der Waals surface area (Å²) in [7, 11) is 0. The van der Waals surface area contributed by atoms with Gasteiger partial charge in [0.25, 0.3) is 0 Å². The normalized spacial score (nSPS) is 13.7. The number of ether oxygens (including phenoxy) is 2. The maximum Gasteiger partial charge on any atom is 0.460 e. The first-order chi connectivity index (χ1) is 29.5. The second kappa shape index (κ2) is 26.2. The van der Waals surface area contributed by atoms with Gasteiger partial charge in [-0.2, -0.15) is 119 Å². The molecule has 0 atom stereocenters. The molecule has 67 heavy (non-hydrogen) atoms. The van der Waals surface area contributed by atoms with E-state index in [9.17, 15) is 133 Å². The van der Waals surface area contributed by atoms with Gasteiger partial charge in [-0.3, -0.25) is 14.4 Å². The van der Waals surface area contributed by atoms with Crippen molar-refractivity contribution in [1.29, 1.82) is 0 Å². The molecular formula is C33H35F27O7. The van der Waals surface area contributed by atoms with E-state index < -0.39 is 136 Å². The molecule has 34 heteroatoms. The molecule has 0 unspecified atom stereocenters. The predicted octanol–water partition coefficient (Wildman–Crippen LogP) is 11.0. The van der Waals surface area contributed by atoms with Gasteiger partial charge in [-0.1, -0.05) is 19.7 Å². The van der Waals surface area contributed by atoms with Crippen LogP contribution in [0.1, 0.15) is 38.5 Å². The molecule has 0 saturated carbocycles. The van der Waals surface area contributed by atoms with E-state index in [1.54, 1.807) is 0 Å². The summed E-state index contributed by atoms with van der Waals surface area (Å²) in [5, 5.41) is 16.0. The number of aliphatic hydroxyl groups is 2. The third kappa shape index (κ3) is 19.2. The summed E-state index contributed by atoms with van der Waals surface area (Å²) in [6.07, 6.45) is -24.3. The van der Waals surface area contributed by atoms with Crippen molar-refractivity contribution >= 4 is 17.3 Å². The first-order valence-electron chi connectivity index (χ1n) is 17.0. The molecule has 2 N–H and O–H groups in total. The van der Waals surface area contributed by atoms with Crippen LogP contribution in [0.5, 0.6) is 0 Å². The SMILES string of the molecule is C=CC(=O)CCO.C=CC(=O)CCOCCC(F)(F)C(F)(F)C(F)(F)C(F)(F)F.C=CC(=O)CCOCCC(F)(F)C(F)(F)C(F)(F)C(F)(F)F.OCCC(F)(F)C(F)(F)C(F)(F)C(F)(F)F. The smallest absolute Gasteiger partial charge is 0.396 e. The summed E-state index contributed by atoms with van der Waals surface area (Å²) in [6, 6.07) is 0. The first kappa shape index (κ1) is 69.7. The van der Waals surface area contributed by atoms with Gasteiger partial charge in [0.05, 0.1) is 33.0 Å². The van der Waals surface area contributed by atoms with Crippen LogP contribution in [0.4, 0.5) is 119 Å². The number of rotatable bonds is 25. The van der Waals surface area contributed by atoms with Crippen LogP contribution >= 0.6 is 0 Å². The zero-order valence-electron chi connectivity index (χ0n) is 33.0. The van der Waals surface area contributed by atoms with Crippen molar-refractivity contribution in [1.82, 2.24) is 0 Å². The van der Waals surface area contributed by atoms with Crippen molar-refractivity contribution in [2.24, 2.45) is 0 Å². The number of halogens is 27. The summed E-state index contributed by atoms with van der Waals surface area (Å²) in [5.41, 5.74) is 0. The van der Waals surface area contributed by atoms with Crippen molar-refractivity contribution in [3.63, 3.8) is 0 Å². The molecule has 0 aliphatic rings. The minimum atomic E-state index is -6.90. The Morgan fingerprint density at radius 3 is 0.746 bits per heavy atom. The Bertz CT molecular complexity index is 1470. The topological polar surface area (TPSA) is 110 Å². The average molecular weight is 1060 g/mol. The fraction of sp³-hybridized carbons (Fsp3) is 0.727. The molecule has 7 nitrogen and oxygen atoms in total. The van der Waals surface area contributed by atoms with Gasteiger partial charge >= 0.3 is 71.8 Å². The summed E-state index contributed by atoms with van der Waals surface area (Å²) in [6.45, 7) is 4.15. The lowest BCUT2D eigenvalue weighted by atomic mass is 10.0. The van der Waals surface area contributed by atoms with Gasteiger partial charge in [-0.15, -0.1) is 0 Å². The van der Waals surface area contributed by atoms with Gasteiger partial charge in [-0.05, 0) is 18.2 Å². The van der Waals surface area contributed by atoms with E-state index >= 15 is 0 Å². The molecule has 0 saturated heterocycles. The van der Waals surface area contributed by atoms with E-state index in [0.717, 1.165) is 12.2 Å². The van der Waals surface area contributed by atoms with Gasteiger partial charge in [0.2, 0.25) is 0 Å². The monoisotopic (exact) mass is 1060 g/mol. The lowest BCUT2D eigenvalue weighted by Gasteiger charge is -2.33. The summed E-state index contributed by atoms with van der Waals surface area (Å²) >= 11 is 0. The van der Waals surface area contributed by atoms with E-state index in [1.165, 1.54) is 6.08 Å². The number of carbonyl (C=O) groups excluding carboxylic acids is 3. The van der Waals surface area contributed by atoms with Crippen LogP contribution in [0.15, 0.2) is 38.0 Å². The van der Waals surface area contributed by atoms with Crippen molar-refractivity contribution in [3.8, 4) is 0 Å². The summed E-state index contributed by atoms with van der Waals surface area (Å²) < 4.78 is 340. The number of alkyl halides is 27. The Kier molecular flexibility index (Phi) is 27.3. The van der Waals surface area contributed by atoms with Crippen LogP contribution < -0.4 is 0 Å². The Hall–Kier alpha value is -3.82. The first-order valence-corrected chi connectivity index (χ1v) is 17.0. The molecule has 0 aliphatic heterocycles. The van der Waals surface area contributed by atoms with Crippen LogP contribution in [0, 0.1) is 0 Å². The van der Waals surface area contributed by atoms with E-state index in [0.29, 0.717) is 0 Å². The Morgan fingerprint density at radius 1 is 0.343 bits per heavy atom. The van der Waals surface area contributed by atoms with Gasteiger partial charge < -0.3 is 19.7 Å². The highest BCUT2D eigenvalue weighted by molar-refractivity contribution is 5.89. The second-order valence-electron chi connectivity index (χ2n) is 12.2. The number of allylic oxidation sites excluding steroid dienone is 3. The third-order valence-corrected chi connectivity index (χ3v) is 7.20. The molecule has 0 fully saturated rings. The molecule has 0 rings (SSSR count). The van der Waals surface area contributed by atoms with E-state index in [4.69, 9.17) is 10.2 Å². The van der Waals surface area contributed by atoms with Crippen LogP contribution in [0.3, 0.4) is 0 Å². The maximum absolute atomic E-state index is 13.0. The molecule has 0 heterocycles. The highest BCUT2D eigenvalue weighted by atomic mass is 19.4. The fourth-order valence-corrected chi connectivity index (χ4v) is 3.20. The largest absolute Gasteiger partial charge is 0.460 e. The van der Waals surface area contributed by atoms with Crippen LogP contribution in [0.25, 0.3) is 0 Å². The number of aliphatic hydroxyl groups excluding tert-OH is 2. The molecule has 0 aromatic heterocycles. The molecule has 398 valence electrons. The van der Waals surface area contributed by atoms with Crippen LogP contribution in [-0.2, 0) is 23.9 Å². The van der Waals surface area contributed by atoms with Crippen molar-refractivity contribution in [3.05, 3.63) is 38.0 Å². The molecule has 0 aromatic carbocycles. The lowest BCUT2D eigenvalue weighted by Crippen LogP contribution is -2.61. The van der Waals surface area contributed by atoms with Gasteiger partial charge in [-0.25, -0.2) is 0 Å². The van der Waals surface area contributed by atoms with E-state index in [1.807, 2.05) is 0 Å². The maximum atomic E-state index is 13.0. The van der Waals surface area contributed by atoms with Gasteiger partial charge in [0.15, 0.2) is 17.3 Å². The molecule has 0 spiro atoms. The van der Waals surface area contributed by atoms with Gasteiger partial charge in [0.1, 0.15) is 0 Å². The van der Waals surface area contributed by atoms with Crippen LogP contribution in [-0.4, -0.2) is 139 Å². The summed E-state index contributed by atoms with van der Waals surface area (Å²) in [4.78, 5) is 31.5. The zero-order chi connectivity index (χ0) is 54.8. The highest BCUT2D eigenvalue weighted by Crippen LogP contribution is 2.56. The van der Waals surface area contributed by atoms with Crippen LogP contribution in [0.2, 0.25) is 0 Å². The number of hydrogen-bond donors (Lipinski definition) is 2. The number of ketones is 3. The molecule has 0 aliphatic carbocycles. The molecule has 0 aromatic rings. The Morgan fingerprint density at radius 2 is 0.567 bits per heavy atom. The van der Waals surface area contributed by atoms with Crippen molar-refractivity contribution < 1.29 is 153 Å². The van der Waals surface area contributed by atoms with Crippen molar-refractivity contribution in [2.75, 3.05) is 39.6 Å². The summed E-state index contributed by atoms with van der Waals surface area (Å²) in [5.74, 6) is -58.8. The Balaban J connectivity index is -0.000000418. The lowest BCUT2D eigenvalue weighted by molar-refractivity contribution is -0.397.